The van der Waals surface area contributed by atoms with E-state index in [0.29, 0.717) is 12.0 Å². The quantitative estimate of drug-likeness (QED) is 0.791. The third-order valence-electron chi connectivity index (χ3n) is 4.43. The average molecular weight is 301 g/mol. The van der Waals surface area contributed by atoms with Crippen molar-refractivity contribution in [3.63, 3.8) is 0 Å². The zero-order valence-corrected chi connectivity index (χ0v) is 13.2. The minimum atomic E-state index is 0.296. The molecule has 0 spiro atoms. The molecule has 110 valence electrons. The molecule has 0 radical (unpaired) electrons. The molecule has 1 atom stereocenters. The number of imidazole rings is 1. The Morgan fingerprint density at radius 1 is 1.48 bits per heavy atom. The van der Waals surface area contributed by atoms with Crippen molar-refractivity contribution < 1.29 is 0 Å². The fraction of sp³-hybridized carbons (Fsp3) is 0.467. The van der Waals surface area contributed by atoms with Crippen LogP contribution in [0.3, 0.4) is 0 Å². The standard InChI is InChI=1S/C15H19N5S/c1-3-10-13-14(19(2)18-10)20(15(16)17-13)11-5-4-6-12-9(11)7-8-21-12/h7-8,11H,3-6H2,1-2H3,(H2,16,17). The highest BCUT2D eigenvalue weighted by Gasteiger charge is 2.28. The summed E-state index contributed by atoms with van der Waals surface area (Å²) in [6.45, 7) is 2.11. The number of hydrogen-bond donors (Lipinski definition) is 1. The van der Waals surface area contributed by atoms with Crippen molar-refractivity contribution in [3.8, 4) is 0 Å². The lowest BCUT2D eigenvalue weighted by atomic mass is 9.94. The highest BCUT2D eigenvalue weighted by molar-refractivity contribution is 7.10. The van der Waals surface area contributed by atoms with Gasteiger partial charge in [-0.3, -0.25) is 9.25 Å². The van der Waals surface area contributed by atoms with Crippen LogP contribution in [-0.4, -0.2) is 19.3 Å². The van der Waals surface area contributed by atoms with Gasteiger partial charge in [-0.25, -0.2) is 4.98 Å². The first-order chi connectivity index (χ1) is 10.2. The van der Waals surface area contributed by atoms with Crippen molar-refractivity contribution in [2.45, 2.75) is 38.6 Å². The Balaban J connectivity index is 1.96. The van der Waals surface area contributed by atoms with Crippen molar-refractivity contribution in [2.75, 3.05) is 5.73 Å². The highest BCUT2D eigenvalue weighted by atomic mass is 32.1. The first-order valence-electron chi connectivity index (χ1n) is 7.46. The van der Waals surface area contributed by atoms with Crippen molar-refractivity contribution in [2.24, 2.45) is 7.05 Å². The second-order valence-corrected chi connectivity index (χ2v) is 6.64. The smallest absolute Gasteiger partial charge is 0.203 e. The van der Waals surface area contributed by atoms with Crippen LogP contribution in [0.2, 0.25) is 0 Å². The van der Waals surface area contributed by atoms with E-state index in [2.05, 4.69) is 33.0 Å². The highest BCUT2D eigenvalue weighted by Crippen LogP contribution is 2.39. The normalized spacial score (nSPS) is 18.3. The predicted octanol–water partition coefficient (Wildman–Crippen LogP) is 2.90. The number of rotatable bonds is 2. The fourth-order valence-electron chi connectivity index (χ4n) is 3.50. The van der Waals surface area contributed by atoms with E-state index in [0.717, 1.165) is 29.7 Å². The zero-order chi connectivity index (χ0) is 14.6. The maximum atomic E-state index is 6.26. The summed E-state index contributed by atoms with van der Waals surface area (Å²) in [5, 5.41) is 6.78. The molecule has 0 aliphatic heterocycles. The number of fused-ring (bicyclic) bond motifs is 2. The molecule has 0 aromatic carbocycles. The van der Waals surface area contributed by atoms with Gasteiger partial charge in [-0.1, -0.05) is 6.92 Å². The van der Waals surface area contributed by atoms with Crippen LogP contribution in [0.5, 0.6) is 0 Å². The zero-order valence-electron chi connectivity index (χ0n) is 12.3. The topological polar surface area (TPSA) is 61.7 Å². The third-order valence-corrected chi connectivity index (χ3v) is 5.43. The Hall–Kier alpha value is -1.82. The largest absolute Gasteiger partial charge is 0.369 e. The Labute approximate surface area is 127 Å². The van der Waals surface area contributed by atoms with E-state index >= 15 is 0 Å². The Kier molecular flexibility index (Phi) is 2.82. The van der Waals surface area contributed by atoms with Crippen LogP contribution in [0.25, 0.3) is 11.2 Å². The molecule has 3 heterocycles. The second kappa shape index (κ2) is 4.59. The molecular formula is C15H19N5S. The van der Waals surface area contributed by atoms with E-state index in [4.69, 9.17) is 5.73 Å². The van der Waals surface area contributed by atoms with E-state index in [1.54, 1.807) is 0 Å². The SMILES string of the molecule is CCc1nn(C)c2c1nc(N)n2C1CCCc2sccc21. The number of nitrogens with zero attached hydrogens (tertiary/aromatic N) is 4. The summed E-state index contributed by atoms with van der Waals surface area (Å²) in [5.41, 5.74) is 10.7. The summed E-state index contributed by atoms with van der Waals surface area (Å²) in [6.07, 6.45) is 4.39. The summed E-state index contributed by atoms with van der Waals surface area (Å²) in [6, 6.07) is 2.54. The van der Waals surface area contributed by atoms with E-state index in [1.165, 1.54) is 23.3 Å². The van der Waals surface area contributed by atoms with Gasteiger partial charge in [0.2, 0.25) is 5.95 Å². The minimum absolute atomic E-state index is 0.296. The first kappa shape index (κ1) is 12.9. The van der Waals surface area contributed by atoms with Gasteiger partial charge >= 0.3 is 0 Å². The van der Waals surface area contributed by atoms with E-state index in [9.17, 15) is 0 Å². The number of thiophene rings is 1. The molecule has 1 aliphatic rings. The lowest BCUT2D eigenvalue weighted by Crippen LogP contribution is -2.18. The summed E-state index contributed by atoms with van der Waals surface area (Å²) in [5.74, 6) is 0.608. The molecule has 3 aromatic heterocycles. The van der Waals surface area contributed by atoms with Gasteiger partial charge in [0, 0.05) is 11.9 Å². The molecule has 0 bridgehead atoms. The third kappa shape index (κ3) is 1.75. The minimum Gasteiger partial charge on any atom is -0.369 e. The maximum Gasteiger partial charge on any atom is 0.203 e. The number of hydrogen-bond acceptors (Lipinski definition) is 4. The van der Waals surface area contributed by atoms with Gasteiger partial charge in [0.15, 0.2) is 5.65 Å². The molecule has 2 N–H and O–H groups in total. The number of nitrogens with two attached hydrogens (primary N) is 1. The number of aryl methyl sites for hydroxylation is 3. The van der Waals surface area contributed by atoms with E-state index in [-0.39, 0.29) is 0 Å². The van der Waals surface area contributed by atoms with Crippen LogP contribution in [0.15, 0.2) is 11.4 Å². The lowest BCUT2D eigenvalue weighted by Gasteiger charge is -2.25. The molecule has 21 heavy (non-hydrogen) atoms. The van der Waals surface area contributed by atoms with Gasteiger partial charge in [-0.15, -0.1) is 11.3 Å². The number of anilines is 1. The average Bonchev–Trinajstić information content (AvgIpc) is 3.14. The van der Waals surface area contributed by atoms with Gasteiger partial charge in [-0.05, 0) is 42.7 Å². The molecule has 1 unspecified atom stereocenters. The Bertz CT molecular complexity index is 810. The van der Waals surface area contributed by atoms with Crippen LogP contribution in [0.1, 0.15) is 41.9 Å². The molecule has 0 amide bonds. The van der Waals surface area contributed by atoms with Crippen molar-refractivity contribution in [1.29, 1.82) is 0 Å². The molecule has 6 heteroatoms. The molecule has 5 nitrogen and oxygen atoms in total. The number of nitrogen functional groups attached to an aromatic ring is 1. The van der Waals surface area contributed by atoms with Crippen LogP contribution >= 0.6 is 11.3 Å². The molecule has 0 saturated heterocycles. The molecule has 0 fully saturated rings. The van der Waals surface area contributed by atoms with E-state index < -0.39 is 0 Å². The molecule has 1 aliphatic carbocycles. The molecule has 4 rings (SSSR count). The lowest BCUT2D eigenvalue weighted by molar-refractivity contribution is 0.502. The summed E-state index contributed by atoms with van der Waals surface area (Å²) >= 11 is 1.85. The molecule has 3 aromatic rings. The Morgan fingerprint density at radius 2 is 2.33 bits per heavy atom. The van der Waals surface area contributed by atoms with Gasteiger partial charge in [0.1, 0.15) is 5.52 Å². The Morgan fingerprint density at radius 3 is 3.14 bits per heavy atom. The fourth-order valence-corrected chi connectivity index (χ4v) is 4.48. The monoisotopic (exact) mass is 301 g/mol. The maximum absolute atomic E-state index is 6.26. The van der Waals surface area contributed by atoms with Gasteiger partial charge in [0.25, 0.3) is 0 Å². The van der Waals surface area contributed by atoms with Gasteiger partial charge in [-0.2, -0.15) is 5.10 Å². The van der Waals surface area contributed by atoms with Crippen LogP contribution in [0.4, 0.5) is 5.95 Å². The molecular weight excluding hydrogens is 282 g/mol. The summed E-state index contributed by atoms with van der Waals surface area (Å²) < 4.78 is 4.12. The van der Waals surface area contributed by atoms with Crippen molar-refractivity contribution in [1.82, 2.24) is 19.3 Å². The van der Waals surface area contributed by atoms with Crippen LogP contribution < -0.4 is 5.73 Å². The van der Waals surface area contributed by atoms with Crippen LogP contribution in [-0.2, 0) is 19.9 Å². The van der Waals surface area contributed by atoms with Crippen molar-refractivity contribution in [3.05, 3.63) is 27.6 Å². The van der Waals surface area contributed by atoms with E-state index in [1.807, 2.05) is 23.1 Å². The predicted molar refractivity (Wildman–Crippen MR) is 85.7 cm³/mol. The van der Waals surface area contributed by atoms with Crippen molar-refractivity contribution >= 4 is 28.4 Å². The summed E-state index contributed by atoms with van der Waals surface area (Å²) in [7, 11) is 1.98. The van der Waals surface area contributed by atoms with Gasteiger partial charge < -0.3 is 5.73 Å². The molecule has 0 saturated carbocycles. The second-order valence-electron chi connectivity index (χ2n) is 5.64. The van der Waals surface area contributed by atoms with Crippen LogP contribution in [0, 0.1) is 0 Å². The van der Waals surface area contributed by atoms with Gasteiger partial charge in [0.05, 0.1) is 11.7 Å². The summed E-state index contributed by atoms with van der Waals surface area (Å²) in [4.78, 5) is 6.09. The first-order valence-corrected chi connectivity index (χ1v) is 8.34. The number of aromatic nitrogens is 4.